The number of pyridine rings is 1. The Kier molecular flexibility index (Phi) is 5.99. The molecule has 0 fully saturated rings. The Labute approximate surface area is 157 Å². The summed E-state index contributed by atoms with van der Waals surface area (Å²) in [4.78, 5) is 31.0. The molecule has 1 N–H and O–H groups in total. The molecule has 2 heterocycles. The summed E-state index contributed by atoms with van der Waals surface area (Å²) < 4.78 is 5.37. The molecule has 2 amide bonds. The molecule has 6 nitrogen and oxygen atoms in total. The molecule has 0 radical (unpaired) electrons. The molecule has 3 rings (SSSR count). The minimum absolute atomic E-state index is 0.195. The zero-order valence-electron chi connectivity index (χ0n) is 15.0. The van der Waals surface area contributed by atoms with E-state index in [1.807, 2.05) is 30.3 Å². The second kappa shape index (κ2) is 8.80. The quantitative estimate of drug-likeness (QED) is 0.700. The van der Waals surface area contributed by atoms with Crippen LogP contribution in [0.4, 0.5) is 0 Å². The van der Waals surface area contributed by atoms with E-state index in [1.54, 1.807) is 42.9 Å². The summed E-state index contributed by atoms with van der Waals surface area (Å²) in [6, 6.07) is 15.9. The van der Waals surface area contributed by atoms with E-state index in [9.17, 15) is 9.59 Å². The number of furan rings is 1. The van der Waals surface area contributed by atoms with Crippen molar-refractivity contribution in [3.05, 3.63) is 90.1 Å². The van der Waals surface area contributed by atoms with Crippen molar-refractivity contribution in [2.75, 3.05) is 0 Å². The zero-order valence-corrected chi connectivity index (χ0v) is 15.0. The summed E-state index contributed by atoms with van der Waals surface area (Å²) in [7, 11) is 0. The molecule has 6 heteroatoms. The molecule has 0 saturated carbocycles. The molecule has 27 heavy (non-hydrogen) atoms. The largest absolute Gasteiger partial charge is 0.467 e. The van der Waals surface area contributed by atoms with Gasteiger partial charge in [0.25, 0.3) is 0 Å². The minimum atomic E-state index is -0.801. The molecule has 0 spiro atoms. The molecule has 1 atom stereocenters. The van der Waals surface area contributed by atoms with Gasteiger partial charge in [-0.2, -0.15) is 0 Å². The number of carbonyl (C=O) groups is 2. The van der Waals surface area contributed by atoms with Gasteiger partial charge in [0.05, 0.1) is 12.8 Å². The van der Waals surface area contributed by atoms with Gasteiger partial charge in [-0.05, 0) is 23.8 Å². The van der Waals surface area contributed by atoms with Crippen molar-refractivity contribution in [3.63, 3.8) is 0 Å². The lowest BCUT2D eigenvalue weighted by Crippen LogP contribution is -2.42. The SMILES string of the molecule is CC(=O)N(Cc1ccco1)C(C(=O)NCc1ccccc1)c1cccnc1. The topological polar surface area (TPSA) is 75.4 Å². The molecule has 2 aromatic heterocycles. The van der Waals surface area contributed by atoms with Gasteiger partial charge in [0, 0.05) is 31.4 Å². The van der Waals surface area contributed by atoms with Gasteiger partial charge in [-0.25, -0.2) is 0 Å². The second-order valence-electron chi connectivity index (χ2n) is 6.12. The fourth-order valence-corrected chi connectivity index (χ4v) is 2.85. The van der Waals surface area contributed by atoms with Crippen LogP contribution in [0.25, 0.3) is 0 Å². The Balaban J connectivity index is 1.85. The number of carbonyl (C=O) groups excluding carboxylic acids is 2. The Morgan fingerprint density at radius 1 is 1.11 bits per heavy atom. The van der Waals surface area contributed by atoms with Crippen LogP contribution in [0.5, 0.6) is 0 Å². The van der Waals surface area contributed by atoms with Crippen LogP contribution < -0.4 is 5.32 Å². The van der Waals surface area contributed by atoms with Gasteiger partial charge in [0.1, 0.15) is 11.8 Å². The van der Waals surface area contributed by atoms with E-state index in [2.05, 4.69) is 10.3 Å². The number of nitrogens with one attached hydrogen (secondary N) is 1. The first kappa shape index (κ1) is 18.4. The van der Waals surface area contributed by atoms with E-state index in [-0.39, 0.29) is 18.4 Å². The highest BCUT2D eigenvalue weighted by molar-refractivity contribution is 5.87. The molecular weight excluding hydrogens is 342 g/mol. The molecule has 0 aliphatic carbocycles. The maximum atomic E-state index is 13.0. The molecule has 0 aliphatic heterocycles. The lowest BCUT2D eigenvalue weighted by Gasteiger charge is -2.29. The van der Waals surface area contributed by atoms with Crippen molar-refractivity contribution in [1.82, 2.24) is 15.2 Å². The number of amides is 2. The van der Waals surface area contributed by atoms with Crippen molar-refractivity contribution in [2.45, 2.75) is 26.1 Å². The molecule has 0 saturated heterocycles. The molecular formula is C21H21N3O3. The van der Waals surface area contributed by atoms with Crippen LogP contribution in [0.3, 0.4) is 0 Å². The Morgan fingerprint density at radius 2 is 1.93 bits per heavy atom. The molecule has 0 aliphatic rings. The fourth-order valence-electron chi connectivity index (χ4n) is 2.85. The average molecular weight is 363 g/mol. The third kappa shape index (κ3) is 4.82. The number of benzene rings is 1. The maximum Gasteiger partial charge on any atom is 0.247 e. The van der Waals surface area contributed by atoms with Crippen molar-refractivity contribution < 1.29 is 14.0 Å². The monoisotopic (exact) mass is 363 g/mol. The number of nitrogens with zero attached hydrogens (tertiary/aromatic N) is 2. The summed E-state index contributed by atoms with van der Waals surface area (Å²) in [5.41, 5.74) is 1.63. The average Bonchev–Trinajstić information content (AvgIpc) is 3.21. The van der Waals surface area contributed by atoms with Gasteiger partial charge in [0.2, 0.25) is 11.8 Å². The molecule has 3 aromatic rings. The summed E-state index contributed by atoms with van der Waals surface area (Å²) >= 11 is 0. The lowest BCUT2D eigenvalue weighted by molar-refractivity contribution is -0.140. The van der Waals surface area contributed by atoms with Crippen molar-refractivity contribution in [2.24, 2.45) is 0 Å². The smallest absolute Gasteiger partial charge is 0.247 e. The highest BCUT2D eigenvalue weighted by Gasteiger charge is 2.30. The Morgan fingerprint density at radius 3 is 2.56 bits per heavy atom. The first-order valence-corrected chi connectivity index (χ1v) is 8.66. The van der Waals surface area contributed by atoms with E-state index in [4.69, 9.17) is 4.42 Å². The van der Waals surface area contributed by atoms with Crippen molar-refractivity contribution >= 4 is 11.8 Å². The van der Waals surface area contributed by atoms with Gasteiger partial charge in [0.15, 0.2) is 0 Å². The van der Waals surface area contributed by atoms with Gasteiger partial charge in [-0.1, -0.05) is 36.4 Å². The van der Waals surface area contributed by atoms with Crippen LogP contribution in [0, 0.1) is 0 Å². The molecule has 0 bridgehead atoms. The van der Waals surface area contributed by atoms with Crippen LogP contribution in [-0.4, -0.2) is 21.7 Å². The lowest BCUT2D eigenvalue weighted by atomic mass is 10.1. The third-order valence-corrected chi connectivity index (χ3v) is 4.18. The first-order chi connectivity index (χ1) is 13.1. The van der Waals surface area contributed by atoms with Gasteiger partial charge in [-0.15, -0.1) is 0 Å². The molecule has 1 unspecified atom stereocenters. The summed E-state index contributed by atoms with van der Waals surface area (Å²) in [6.45, 7) is 2.01. The van der Waals surface area contributed by atoms with Crippen LogP contribution in [0.1, 0.15) is 29.9 Å². The standard InChI is InChI=1S/C21H21N3O3/c1-16(25)24(15-19-10-6-12-27-19)20(18-9-5-11-22-14-18)21(26)23-13-17-7-3-2-4-8-17/h2-12,14,20H,13,15H2,1H3,(H,23,26). The highest BCUT2D eigenvalue weighted by atomic mass is 16.3. The summed E-state index contributed by atoms with van der Waals surface area (Å²) in [5.74, 6) is 0.110. The van der Waals surface area contributed by atoms with Gasteiger partial charge >= 0.3 is 0 Å². The van der Waals surface area contributed by atoms with E-state index in [0.717, 1.165) is 5.56 Å². The van der Waals surface area contributed by atoms with E-state index >= 15 is 0 Å². The number of rotatable bonds is 7. The van der Waals surface area contributed by atoms with Gasteiger partial charge < -0.3 is 14.6 Å². The highest BCUT2D eigenvalue weighted by Crippen LogP contribution is 2.23. The van der Waals surface area contributed by atoms with E-state index < -0.39 is 6.04 Å². The van der Waals surface area contributed by atoms with Crippen molar-refractivity contribution in [3.8, 4) is 0 Å². The predicted octanol–water partition coefficient (Wildman–Crippen LogP) is 3.08. The number of hydrogen-bond acceptors (Lipinski definition) is 4. The zero-order chi connectivity index (χ0) is 19.1. The van der Waals surface area contributed by atoms with Crippen LogP contribution in [0.15, 0.2) is 77.7 Å². The second-order valence-corrected chi connectivity index (χ2v) is 6.12. The number of hydrogen-bond donors (Lipinski definition) is 1. The normalized spacial score (nSPS) is 11.6. The molecule has 1 aromatic carbocycles. The van der Waals surface area contributed by atoms with Crippen LogP contribution in [-0.2, 0) is 22.7 Å². The van der Waals surface area contributed by atoms with Crippen LogP contribution in [0.2, 0.25) is 0 Å². The Hall–Kier alpha value is -3.41. The minimum Gasteiger partial charge on any atom is -0.467 e. The molecule has 138 valence electrons. The van der Waals surface area contributed by atoms with E-state index in [1.165, 1.54) is 11.8 Å². The van der Waals surface area contributed by atoms with Crippen molar-refractivity contribution in [1.29, 1.82) is 0 Å². The maximum absolute atomic E-state index is 13.0. The first-order valence-electron chi connectivity index (χ1n) is 8.66. The van der Waals surface area contributed by atoms with Gasteiger partial charge in [-0.3, -0.25) is 14.6 Å². The third-order valence-electron chi connectivity index (χ3n) is 4.18. The number of aromatic nitrogens is 1. The van der Waals surface area contributed by atoms with E-state index in [0.29, 0.717) is 17.9 Å². The Bertz CT molecular complexity index is 864. The summed E-state index contributed by atoms with van der Waals surface area (Å²) in [5, 5.41) is 2.92. The predicted molar refractivity (Wildman–Crippen MR) is 100 cm³/mol. The van der Waals surface area contributed by atoms with Crippen LogP contribution >= 0.6 is 0 Å². The summed E-state index contributed by atoms with van der Waals surface area (Å²) in [6.07, 6.45) is 4.78. The fraction of sp³-hybridized carbons (Fsp3) is 0.190.